The maximum atomic E-state index is 11.5. The van der Waals surface area contributed by atoms with Crippen LogP contribution in [0.15, 0.2) is 18.2 Å². The Bertz CT molecular complexity index is 372. The molecule has 1 aromatic carbocycles. The van der Waals surface area contributed by atoms with Gasteiger partial charge < -0.3 is 14.2 Å². The first-order valence-electron chi connectivity index (χ1n) is 4.18. The SMILES string of the molecule is COc1ccc2c(c1)OC(OC)C2=O. The van der Waals surface area contributed by atoms with E-state index >= 15 is 0 Å². The van der Waals surface area contributed by atoms with Gasteiger partial charge in [-0.05, 0) is 12.1 Å². The predicted octanol–water partition coefficient (Wildman–Crippen LogP) is 1.24. The van der Waals surface area contributed by atoms with Gasteiger partial charge in [0.25, 0.3) is 6.29 Å². The topological polar surface area (TPSA) is 44.8 Å². The van der Waals surface area contributed by atoms with Gasteiger partial charge in [0.2, 0.25) is 5.78 Å². The smallest absolute Gasteiger partial charge is 0.264 e. The van der Waals surface area contributed by atoms with Crippen LogP contribution in [0.3, 0.4) is 0 Å². The summed E-state index contributed by atoms with van der Waals surface area (Å²) in [5.74, 6) is 1.03. The zero-order valence-electron chi connectivity index (χ0n) is 7.94. The van der Waals surface area contributed by atoms with E-state index in [1.54, 1.807) is 25.3 Å². The van der Waals surface area contributed by atoms with Crippen LogP contribution in [0.2, 0.25) is 0 Å². The third-order valence-electron chi connectivity index (χ3n) is 2.12. The van der Waals surface area contributed by atoms with Gasteiger partial charge >= 0.3 is 0 Å². The van der Waals surface area contributed by atoms with Crippen LogP contribution in [0, 0.1) is 0 Å². The van der Waals surface area contributed by atoms with E-state index in [0.717, 1.165) is 0 Å². The molecule has 1 aliphatic rings. The van der Waals surface area contributed by atoms with Crippen LogP contribution >= 0.6 is 0 Å². The van der Waals surface area contributed by atoms with Crippen LogP contribution in [0.1, 0.15) is 10.4 Å². The third-order valence-corrected chi connectivity index (χ3v) is 2.12. The Balaban J connectivity index is 2.38. The van der Waals surface area contributed by atoms with Crippen molar-refractivity contribution in [1.29, 1.82) is 0 Å². The maximum Gasteiger partial charge on any atom is 0.264 e. The third kappa shape index (κ3) is 1.24. The summed E-state index contributed by atoms with van der Waals surface area (Å²) in [6.07, 6.45) is -0.808. The second-order valence-corrected chi connectivity index (χ2v) is 2.91. The quantitative estimate of drug-likeness (QED) is 0.710. The van der Waals surface area contributed by atoms with E-state index in [4.69, 9.17) is 14.2 Å². The Morgan fingerprint density at radius 2 is 2.14 bits per heavy atom. The van der Waals surface area contributed by atoms with Crippen LogP contribution in [0.5, 0.6) is 11.5 Å². The number of ketones is 1. The second kappa shape index (κ2) is 3.31. The average molecular weight is 194 g/mol. The highest BCUT2D eigenvalue weighted by molar-refractivity contribution is 6.03. The van der Waals surface area contributed by atoms with Crippen molar-refractivity contribution in [3.05, 3.63) is 23.8 Å². The Morgan fingerprint density at radius 3 is 2.79 bits per heavy atom. The molecule has 1 atom stereocenters. The van der Waals surface area contributed by atoms with Crippen molar-refractivity contribution in [2.75, 3.05) is 14.2 Å². The molecule has 0 N–H and O–H groups in total. The van der Waals surface area contributed by atoms with Crippen molar-refractivity contribution in [2.24, 2.45) is 0 Å². The number of hydrogen-bond donors (Lipinski definition) is 0. The molecular formula is C10H10O4. The Morgan fingerprint density at radius 1 is 1.36 bits per heavy atom. The molecule has 1 unspecified atom stereocenters. The fourth-order valence-electron chi connectivity index (χ4n) is 1.38. The highest BCUT2D eigenvalue weighted by atomic mass is 16.7. The van der Waals surface area contributed by atoms with E-state index in [-0.39, 0.29) is 5.78 Å². The van der Waals surface area contributed by atoms with Crippen LogP contribution in [0.25, 0.3) is 0 Å². The maximum absolute atomic E-state index is 11.5. The summed E-state index contributed by atoms with van der Waals surface area (Å²) in [7, 11) is 3.00. The molecule has 1 aliphatic heterocycles. The molecule has 0 spiro atoms. The number of benzene rings is 1. The van der Waals surface area contributed by atoms with Gasteiger partial charge in [-0.2, -0.15) is 0 Å². The van der Waals surface area contributed by atoms with Crippen LogP contribution in [-0.4, -0.2) is 26.3 Å². The Labute approximate surface area is 81.4 Å². The van der Waals surface area contributed by atoms with E-state index in [9.17, 15) is 4.79 Å². The van der Waals surface area contributed by atoms with Gasteiger partial charge in [0.15, 0.2) is 0 Å². The van der Waals surface area contributed by atoms with Gasteiger partial charge in [0.05, 0.1) is 12.7 Å². The lowest BCUT2D eigenvalue weighted by Gasteiger charge is -2.05. The zero-order valence-corrected chi connectivity index (χ0v) is 7.94. The van der Waals surface area contributed by atoms with Gasteiger partial charge in [0.1, 0.15) is 11.5 Å². The van der Waals surface area contributed by atoms with Gasteiger partial charge in [-0.15, -0.1) is 0 Å². The molecule has 0 aromatic heterocycles. The van der Waals surface area contributed by atoms with E-state index in [0.29, 0.717) is 17.1 Å². The first kappa shape index (κ1) is 9.02. The average Bonchev–Trinajstić information content (AvgIpc) is 2.55. The largest absolute Gasteiger partial charge is 0.497 e. The standard InChI is InChI=1S/C10H10O4/c1-12-6-3-4-7-8(5-6)14-10(13-2)9(7)11/h3-5,10H,1-2H3. The monoisotopic (exact) mass is 194 g/mol. The molecule has 1 aromatic rings. The van der Waals surface area contributed by atoms with Crippen LogP contribution in [-0.2, 0) is 4.74 Å². The number of methoxy groups -OCH3 is 2. The molecule has 0 radical (unpaired) electrons. The van der Waals surface area contributed by atoms with Crippen LogP contribution < -0.4 is 9.47 Å². The Kier molecular flexibility index (Phi) is 2.13. The van der Waals surface area contributed by atoms with Gasteiger partial charge in [-0.1, -0.05) is 0 Å². The van der Waals surface area contributed by atoms with E-state index in [2.05, 4.69) is 0 Å². The molecule has 4 heteroatoms. The number of ether oxygens (including phenoxy) is 3. The lowest BCUT2D eigenvalue weighted by molar-refractivity contribution is -0.0215. The summed E-state index contributed by atoms with van der Waals surface area (Å²) < 4.78 is 15.1. The minimum absolute atomic E-state index is 0.148. The molecule has 2 rings (SSSR count). The number of fused-ring (bicyclic) bond motifs is 1. The lowest BCUT2D eigenvalue weighted by Crippen LogP contribution is -2.21. The van der Waals surface area contributed by atoms with Gasteiger partial charge in [-0.25, -0.2) is 0 Å². The number of carbonyl (C=O) groups is 1. The fraction of sp³-hybridized carbons (Fsp3) is 0.300. The van der Waals surface area contributed by atoms with E-state index < -0.39 is 6.29 Å². The molecule has 14 heavy (non-hydrogen) atoms. The Hall–Kier alpha value is -1.55. The summed E-state index contributed by atoms with van der Waals surface area (Å²) in [4.78, 5) is 11.5. The summed E-state index contributed by atoms with van der Waals surface area (Å²) in [6, 6.07) is 5.07. The zero-order chi connectivity index (χ0) is 10.1. The number of carbonyl (C=O) groups excluding carboxylic acids is 1. The lowest BCUT2D eigenvalue weighted by atomic mass is 10.1. The fourth-order valence-corrected chi connectivity index (χ4v) is 1.38. The summed E-state index contributed by atoms with van der Waals surface area (Å²) in [6.45, 7) is 0. The van der Waals surface area contributed by atoms with Crippen molar-refractivity contribution in [3.63, 3.8) is 0 Å². The van der Waals surface area contributed by atoms with E-state index in [1.165, 1.54) is 7.11 Å². The molecule has 0 bridgehead atoms. The minimum atomic E-state index is -0.808. The number of rotatable bonds is 2. The van der Waals surface area contributed by atoms with Gasteiger partial charge in [0, 0.05) is 13.2 Å². The molecule has 0 fully saturated rings. The minimum Gasteiger partial charge on any atom is -0.497 e. The van der Waals surface area contributed by atoms with Crippen molar-refractivity contribution in [2.45, 2.75) is 6.29 Å². The molecular weight excluding hydrogens is 184 g/mol. The summed E-state index contributed by atoms with van der Waals surface area (Å²) >= 11 is 0. The summed E-state index contributed by atoms with van der Waals surface area (Å²) in [5.41, 5.74) is 0.539. The first-order valence-corrected chi connectivity index (χ1v) is 4.18. The normalized spacial score (nSPS) is 19.0. The number of Topliss-reactive ketones (excluding diaryl/α,β-unsaturated/α-hetero) is 1. The van der Waals surface area contributed by atoms with Gasteiger partial charge in [-0.3, -0.25) is 4.79 Å². The molecule has 0 saturated heterocycles. The summed E-state index contributed by atoms with van der Waals surface area (Å²) in [5, 5.41) is 0. The van der Waals surface area contributed by atoms with Crippen molar-refractivity contribution >= 4 is 5.78 Å². The molecule has 74 valence electrons. The first-order chi connectivity index (χ1) is 6.76. The highest BCUT2D eigenvalue weighted by Gasteiger charge is 2.32. The second-order valence-electron chi connectivity index (χ2n) is 2.91. The van der Waals surface area contributed by atoms with Crippen molar-refractivity contribution in [1.82, 2.24) is 0 Å². The molecule has 0 saturated carbocycles. The van der Waals surface area contributed by atoms with Crippen molar-refractivity contribution in [3.8, 4) is 11.5 Å². The molecule has 0 aliphatic carbocycles. The van der Waals surface area contributed by atoms with Crippen molar-refractivity contribution < 1.29 is 19.0 Å². The molecule has 4 nitrogen and oxygen atoms in total. The number of hydrogen-bond acceptors (Lipinski definition) is 4. The highest BCUT2D eigenvalue weighted by Crippen LogP contribution is 2.32. The van der Waals surface area contributed by atoms with Crippen LogP contribution in [0.4, 0.5) is 0 Å². The molecule has 1 heterocycles. The van der Waals surface area contributed by atoms with E-state index in [1.807, 2.05) is 0 Å². The predicted molar refractivity (Wildman–Crippen MR) is 48.7 cm³/mol. The molecule has 0 amide bonds.